The van der Waals surface area contributed by atoms with E-state index in [4.69, 9.17) is 9.47 Å². The SMILES string of the molecule is O=S(=O)(c1cccs1)N1CCOc2ccc(COCc3ccccc3)cc2C1. The van der Waals surface area contributed by atoms with Crippen molar-refractivity contribution in [3.63, 3.8) is 0 Å². The van der Waals surface area contributed by atoms with Crippen LogP contribution in [0.15, 0.2) is 70.3 Å². The Labute approximate surface area is 169 Å². The van der Waals surface area contributed by atoms with E-state index in [1.54, 1.807) is 17.5 Å². The molecule has 146 valence electrons. The lowest BCUT2D eigenvalue weighted by atomic mass is 10.1. The van der Waals surface area contributed by atoms with Crippen molar-refractivity contribution >= 4 is 21.4 Å². The molecule has 28 heavy (non-hydrogen) atoms. The van der Waals surface area contributed by atoms with Crippen LogP contribution >= 0.6 is 11.3 Å². The van der Waals surface area contributed by atoms with Crippen molar-refractivity contribution < 1.29 is 17.9 Å². The molecule has 2 heterocycles. The first-order valence-electron chi connectivity index (χ1n) is 9.03. The molecule has 0 spiro atoms. The summed E-state index contributed by atoms with van der Waals surface area (Å²) < 4.78 is 39.2. The first kappa shape index (κ1) is 19.1. The maximum absolute atomic E-state index is 12.9. The summed E-state index contributed by atoms with van der Waals surface area (Å²) in [6.07, 6.45) is 0. The second-order valence-corrected chi connectivity index (χ2v) is 9.65. The number of nitrogens with zero attached hydrogens (tertiary/aromatic N) is 1. The first-order valence-corrected chi connectivity index (χ1v) is 11.3. The van der Waals surface area contributed by atoms with Crippen molar-refractivity contribution in [3.8, 4) is 5.75 Å². The Morgan fingerprint density at radius 2 is 1.82 bits per heavy atom. The summed E-state index contributed by atoms with van der Waals surface area (Å²) in [7, 11) is -3.51. The molecule has 2 aromatic carbocycles. The van der Waals surface area contributed by atoms with Gasteiger partial charge in [0.2, 0.25) is 0 Å². The van der Waals surface area contributed by atoms with Gasteiger partial charge in [-0.2, -0.15) is 4.31 Å². The van der Waals surface area contributed by atoms with E-state index in [1.807, 2.05) is 48.5 Å². The highest BCUT2D eigenvalue weighted by molar-refractivity contribution is 7.91. The third-order valence-corrected chi connectivity index (χ3v) is 7.76. The van der Waals surface area contributed by atoms with Gasteiger partial charge in [-0.15, -0.1) is 11.3 Å². The van der Waals surface area contributed by atoms with Gasteiger partial charge < -0.3 is 9.47 Å². The van der Waals surface area contributed by atoms with Gasteiger partial charge in [-0.05, 0) is 34.7 Å². The van der Waals surface area contributed by atoms with Crippen LogP contribution in [-0.4, -0.2) is 25.9 Å². The Morgan fingerprint density at radius 3 is 2.61 bits per heavy atom. The number of benzene rings is 2. The number of fused-ring (bicyclic) bond motifs is 1. The molecule has 0 saturated heterocycles. The minimum Gasteiger partial charge on any atom is -0.492 e. The molecule has 7 heteroatoms. The zero-order valence-electron chi connectivity index (χ0n) is 15.3. The highest BCUT2D eigenvalue weighted by Gasteiger charge is 2.28. The van der Waals surface area contributed by atoms with E-state index in [0.29, 0.717) is 37.1 Å². The molecule has 0 unspecified atom stereocenters. The number of rotatable bonds is 6. The second-order valence-electron chi connectivity index (χ2n) is 6.54. The van der Waals surface area contributed by atoms with Crippen LogP contribution in [0.5, 0.6) is 5.75 Å². The summed E-state index contributed by atoms with van der Waals surface area (Å²) in [6.45, 7) is 1.95. The summed E-state index contributed by atoms with van der Waals surface area (Å²) in [5, 5.41) is 1.78. The molecule has 1 aliphatic heterocycles. The van der Waals surface area contributed by atoms with Crippen LogP contribution in [0.4, 0.5) is 0 Å². The molecular formula is C21H21NO4S2. The van der Waals surface area contributed by atoms with E-state index < -0.39 is 10.0 Å². The maximum Gasteiger partial charge on any atom is 0.252 e. The van der Waals surface area contributed by atoms with Crippen LogP contribution in [0, 0.1) is 0 Å². The Morgan fingerprint density at radius 1 is 1.00 bits per heavy atom. The standard InChI is InChI=1S/C21H21NO4S2/c23-28(24,21-7-4-12-27-21)22-10-11-26-20-9-8-18(13-19(20)14-22)16-25-15-17-5-2-1-3-6-17/h1-9,12-13H,10-11,14-16H2. The number of hydrogen-bond acceptors (Lipinski definition) is 5. The van der Waals surface area contributed by atoms with Crippen molar-refractivity contribution in [2.45, 2.75) is 24.0 Å². The average molecular weight is 416 g/mol. The molecule has 0 radical (unpaired) electrons. The predicted molar refractivity (Wildman–Crippen MR) is 109 cm³/mol. The van der Waals surface area contributed by atoms with Gasteiger partial charge in [-0.25, -0.2) is 8.42 Å². The minimum atomic E-state index is -3.51. The third-order valence-electron chi connectivity index (χ3n) is 4.54. The van der Waals surface area contributed by atoms with Crippen LogP contribution in [0.25, 0.3) is 0 Å². The van der Waals surface area contributed by atoms with Gasteiger partial charge >= 0.3 is 0 Å². The van der Waals surface area contributed by atoms with Crippen molar-refractivity contribution in [1.29, 1.82) is 0 Å². The zero-order chi connectivity index (χ0) is 19.4. The molecule has 0 bridgehead atoms. The molecule has 1 aromatic heterocycles. The molecule has 0 aliphatic carbocycles. The minimum absolute atomic E-state index is 0.294. The van der Waals surface area contributed by atoms with E-state index in [2.05, 4.69) is 0 Å². The van der Waals surface area contributed by atoms with Crippen molar-refractivity contribution in [2.24, 2.45) is 0 Å². The van der Waals surface area contributed by atoms with E-state index in [9.17, 15) is 8.42 Å². The normalized spacial score (nSPS) is 14.9. The maximum atomic E-state index is 12.9. The fourth-order valence-electron chi connectivity index (χ4n) is 3.12. The number of sulfonamides is 1. The Hall–Kier alpha value is -2.19. The van der Waals surface area contributed by atoms with Gasteiger partial charge in [0.25, 0.3) is 10.0 Å². The number of hydrogen-bond donors (Lipinski definition) is 0. The quantitative estimate of drug-likeness (QED) is 0.610. The van der Waals surface area contributed by atoms with Crippen molar-refractivity contribution in [3.05, 3.63) is 82.7 Å². The monoisotopic (exact) mass is 415 g/mol. The van der Waals surface area contributed by atoms with E-state index in [0.717, 1.165) is 22.4 Å². The van der Waals surface area contributed by atoms with Crippen molar-refractivity contribution in [1.82, 2.24) is 4.31 Å². The fourth-order valence-corrected chi connectivity index (χ4v) is 5.66. The lowest BCUT2D eigenvalue weighted by Crippen LogP contribution is -2.32. The summed E-state index contributed by atoms with van der Waals surface area (Å²) in [4.78, 5) is 0. The molecule has 0 amide bonds. The number of thiophene rings is 1. The molecule has 5 nitrogen and oxygen atoms in total. The Kier molecular flexibility index (Phi) is 5.77. The van der Waals surface area contributed by atoms with E-state index in [1.165, 1.54) is 15.6 Å². The highest BCUT2D eigenvalue weighted by atomic mass is 32.2. The fraction of sp³-hybridized carbons (Fsp3) is 0.238. The Bertz CT molecular complexity index is 1020. The van der Waals surface area contributed by atoms with Crippen LogP contribution in [0.3, 0.4) is 0 Å². The molecule has 0 atom stereocenters. The average Bonchev–Trinajstić information content (AvgIpc) is 3.17. The number of ether oxygens (including phenoxy) is 2. The molecule has 0 fully saturated rings. The molecule has 0 N–H and O–H groups in total. The van der Waals surface area contributed by atoms with Crippen LogP contribution in [0.2, 0.25) is 0 Å². The van der Waals surface area contributed by atoms with E-state index >= 15 is 0 Å². The predicted octanol–water partition coefficient (Wildman–Crippen LogP) is 4.05. The molecule has 0 saturated carbocycles. The molecule has 1 aliphatic rings. The van der Waals surface area contributed by atoms with Gasteiger partial charge in [0.15, 0.2) is 0 Å². The van der Waals surface area contributed by atoms with Crippen LogP contribution < -0.4 is 4.74 Å². The lowest BCUT2D eigenvalue weighted by molar-refractivity contribution is 0.107. The largest absolute Gasteiger partial charge is 0.492 e. The van der Waals surface area contributed by atoms with Gasteiger partial charge in [0.1, 0.15) is 16.6 Å². The first-order chi connectivity index (χ1) is 13.6. The van der Waals surface area contributed by atoms with Crippen molar-refractivity contribution in [2.75, 3.05) is 13.2 Å². The Balaban J connectivity index is 1.48. The summed E-state index contributed by atoms with van der Waals surface area (Å²) in [6, 6.07) is 19.2. The molecule has 3 aromatic rings. The van der Waals surface area contributed by atoms with E-state index in [-0.39, 0.29) is 0 Å². The zero-order valence-corrected chi connectivity index (χ0v) is 16.9. The van der Waals surface area contributed by atoms with Gasteiger partial charge in [0.05, 0.1) is 13.2 Å². The van der Waals surface area contributed by atoms with Crippen LogP contribution in [0.1, 0.15) is 16.7 Å². The second kappa shape index (κ2) is 8.45. The third kappa shape index (κ3) is 4.28. The van der Waals surface area contributed by atoms with Crippen LogP contribution in [-0.2, 0) is 34.5 Å². The lowest BCUT2D eigenvalue weighted by Gasteiger charge is -2.18. The van der Waals surface area contributed by atoms with Gasteiger partial charge in [-0.1, -0.05) is 42.5 Å². The summed E-state index contributed by atoms with van der Waals surface area (Å²) in [5.41, 5.74) is 2.97. The summed E-state index contributed by atoms with van der Waals surface area (Å²) >= 11 is 1.23. The molecule has 4 rings (SSSR count). The topological polar surface area (TPSA) is 55.8 Å². The summed E-state index contributed by atoms with van der Waals surface area (Å²) in [5.74, 6) is 0.732. The highest BCUT2D eigenvalue weighted by Crippen LogP contribution is 2.29. The molecular weight excluding hydrogens is 394 g/mol. The van der Waals surface area contributed by atoms with Gasteiger partial charge in [0, 0.05) is 18.7 Å². The smallest absolute Gasteiger partial charge is 0.252 e. The van der Waals surface area contributed by atoms with Gasteiger partial charge in [-0.3, -0.25) is 0 Å².